The Morgan fingerprint density at radius 1 is 0.833 bits per heavy atom. The maximum Gasteiger partial charge on any atom is 0.542 e. The van der Waals surface area contributed by atoms with Gasteiger partial charge >= 0.3 is 13.7 Å². The van der Waals surface area contributed by atoms with Crippen molar-refractivity contribution in [2.24, 2.45) is 0 Å². The number of nitrogens with one attached hydrogen (secondary N) is 1. The third kappa shape index (κ3) is 4.92. The van der Waals surface area contributed by atoms with Crippen molar-refractivity contribution in [1.82, 2.24) is 14.5 Å². The number of fused-ring (bicyclic) bond motifs is 1. The molecule has 0 saturated carbocycles. The summed E-state index contributed by atoms with van der Waals surface area (Å²) in [7, 11) is -2.72. The van der Waals surface area contributed by atoms with Crippen molar-refractivity contribution in [3.05, 3.63) is 109 Å². The van der Waals surface area contributed by atoms with Gasteiger partial charge in [-0.3, -0.25) is 9.65 Å². The summed E-state index contributed by atoms with van der Waals surface area (Å²) >= 11 is 0. The Kier molecular flexibility index (Phi) is 6.38. The van der Waals surface area contributed by atoms with Crippen LogP contribution >= 0.6 is 7.75 Å². The Balaban J connectivity index is 1.62. The van der Waals surface area contributed by atoms with Gasteiger partial charge in [0.05, 0.1) is 18.2 Å². The number of hydrogen-bond acceptors (Lipinski definition) is 7. The van der Waals surface area contributed by atoms with Gasteiger partial charge in [-0.25, -0.2) is 19.3 Å². The van der Waals surface area contributed by atoms with Crippen LogP contribution in [-0.2, 0) is 9.30 Å². The standard InChI is InChI=1S/C26H21N4O5P/c1-33-25(31)19-13-14-23-20(17-19)18-24(30(23)26-27-15-8-16-28-26)29-36(32,34-21-9-4-2-5-10-21)35-22-11-6-3-7-12-22/h2-18H,1H3,(H,29,32). The van der Waals surface area contributed by atoms with E-state index in [9.17, 15) is 9.36 Å². The van der Waals surface area contributed by atoms with E-state index in [1.165, 1.54) is 7.11 Å². The van der Waals surface area contributed by atoms with Crippen LogP contribution in [0.4, 0.5) is 5.82 Å². The summed E-state index contributed by atoms with van der Waals surface area (Å²) in [5, 5.41) is 3.62. The van der Waals surface area contributed by atoms with Crippen LogP contribution in [0.1, 0.15) is 10.4 Å². The molecule has 2 aromatic heterocycles. The summed E-state index contributed by atoms with van der Waals surface area (Å²) in [5.41, 5.74) is 1.04. The largest absolute Gasteiger partial charge is 0.542 e. The predicted octanol–water partition coefficient (Wildman–Crippen LogP) is 5.89. The molecule has 0 amide bonds. The molecule has 180 valence electrons. The molecule has 0 fully saturated rings. The third-order valence-corrected chi connectivity index (χ3v) is 6.57. The van der Waals surface area contributed by atoms with Crippen molar-refractivity contribution >= 4 is 30.4 Å². The van der Waals surface area contributed by atoms with E-state index in [0.717, 1.165) is 0 Å². The summed E-state index contributed by atoms with van der Waals surface area (Å²) in [6.07, 6.45) is 3.20. The first-order valence-corrected chi connectivity index (χ1v) is 12.5. The highest BCUT2D eigenvalue weighted by Gasteiger charge is 2.31. The minimum atomic E-state index is -4.04. The lowest BCUT2D eigenvalue weighted by Crippen LogP contribution is -2.13. The molecule has 0 atom stereocenters. The molecule has 0 spiro atoms. The highest BCUT2D eigenvalue weighted by Crippen LogP contribution is 2.49. The predicted molar refractivity (Wildman–Crippen MR) is 136 cm³/mol. The zero-order chi connectivity index (χ0) is 25.0. The maximum atomic E-state index is 14.1. The van der Waals surface area contributed by atoms with E-state index >= 15 is 0 Å². The number of hydrogen-bond donors (Lipinski definition) is 1. The van der Waals surface area contributed by atoms with Gasteiger partial charge in [-0.2, -0.15) is 0 Å². The molecule has 3 aromatic carbocycles. The first-order valence-electron chi connectivity index (χ1n) is 10.9. The highest BCUT2D eigenvalue weighted by molar-refractivity contribution is 7.56. The zero-order valence-electron chi connectivity index (χ0n) is 19.1. The van der Waals surface area contributed by atoms with E-state index in [1.807, 2.05) is 12.1 Å². The number of para-hydroxylation sites is 2. The number of ether oxygens (including phenoxy) is 1. The number of esters is 1. The molecule has 0 aliphatic rings. The van der Waals surface area contributed by atoms with E-state index in [2.05, 4.69) is 15.1 Å². The monoisotopic (exact) mass is 500 g/mol. The second-order valence-corrected chi connectivity index (χ2v) is 9.18. The SMILES string of the molecule is COC(=O)c1ccc2c(c1)cc(NP(=O)(Oc1ccccc1)Oc1ccccc1)n2-c1ncccn1. The van der Waals surface area contributed by atoms with Crippen LogP contribution in [0.15, 0.2) is 103 Å². The van der Waals surface area contributed by atoms with Gasteiger partial charge in [0.2, 0.25) is 5.95 Å². The molecule has 0 unspecified atom stereocenters. The lowest BCUT2D eigenvalue weighted by molar-refractivity contribution is 0.0601. The second kappa shape index (κ2) is 9.93. The van der Waals surface area contributed by atoms with Crippen molar-refractivity contribution in [2.75, 3.05) is 12.2 Å². The van der Waals surface area contributed by atoms with Crippen molar-refractivity contribution in [2.45, 2.75) is 0 Å². The van der Waals surface area contributed by atoms with E-state index in [0.29, 0.717) is 39.7 Å². The zero-order valence-corrected chi connectivity index (χ0v) is 20.0. The molecule has 0 bridgehead atoms. The van der Waals surface area contributed by atoms with Gasteiger partial charge in [0.15, 0.2) is 0 Å². The number of carbonyl (C=O) groups is 1. The van der Waals surface area contributed by atoms with Crippen LogP contribution in [-0.4, -0.2) is 27.6 Å². The van der Waals surface area contributed by atoms with Crippen LogP contribution in [0.2, 0.25) is 0 Å². The number of rotatable bonds is 8. The molecule has 0 aliphatic heterocycles. The maximum absolute atomic E-state index is 14.1. The smallest absolute Gasteiger partial charge is 0.465 e. The van der Waals surface area contributed by atoms with Gasteiger partial charge in [0.1, 0.15) is 17.3 Å². The second-order valence-electron chi connectivity index (χ2n) is 7.60. The van der Waals surface area contributed by atoms with Crippen LogP contribution in [0.3, 0.4) is 0 Å². The summed E-state index contributed by atoms with van der Waals surface area (Å²) in [5.74, 6) is 0.910. The van der Waals surface area contributed by atoms with E-state index in [-0.39, 0.29) is 0 Å². The molecule has 9 nitrogen and oxygen atoms in total. The van der Waals surface area contributed by atoms with E-state index in [1.54, 1.807) is 95.8 Å². The number of carbonyl (C=O) groups excluding carboxylic acids is 1. The topological polar surface area (TPSA) is 105 Å². The first kappa shape index (κ1) is 23.1. The van der Waals surface area contributed by atoms with Crippen molar-refractivity contribution < 1.29 is 23.1 Å². The van der Waals surface area contributed by atoms with E-state index in [4.69, 9.17) is 13.8 Å². The normalized spacial score (nSPS) is 11.1. The average Bonchev–Trinajstić information content (AvgIpc) is 3.26. The molecular formula is C26H21N4O5P. The van der Waals surface area contributed by atoms with Crippen LogP contribution in [0, 0.1) is 0 Å². The molecule has 0 saturated heterocycles. The first-order chi connectivity index (χ1) is 17.5. The van der Waals surface area contributed by atoms with Gasteiger partial charge < -0.3 is 13.8 Å². The molecule has 10 heteroatoms. The Labute approximate surface area is 206 Å². The molecule has 36 heavy (non-hydrogen) atoms. The number of aromatic nitrogens is 3. The van der Waals surface area contributed by atoms with Crippen molar-refractivity contribution in [3.8, 4) is 17.4 Å². The van der Waals surface area contributed by atoms with Crippen LogP contribution in [0.5, 0.6) is 11.5 Å². The molecular weight excluding hydrogens is 479 g/mol. The fourth-order valence-electron chi connectivity index (χ4n) is 3.61. The van der Waals surface area contributed by atoms with Crippen molar-refractivity contribution in [3.63, 3.8) is 0 Å². The van der Waals surface area contributed by atoms with E-state index < -0.39 is 13.7 Å². The fourth-order valence-corrected chi connectivity index (χ4v) is 4.98. The molecule has 5 rings (SSSR count). The quantitative estimate of drug-likeness (QED) is 0.208. The summed E-state index contributed by atoms with van der Waals surface area (Å²) in [6, 6.07) is 25.9. The minimum absolute atomic E-state index is 0.326. The number of anilines is 1. The molecule has 0 radical (unpaired) electrons. The molecule has 0 aliphatic carbocycles. The third-order valence-electron chi connectivity index (χ3n) is 5.16. The lowest BCUT2D eigenvalue weighted by Gasteiger charge is -2.21. The van der Waals surface area contributed by atoms with Crippen LogP contribution in [0.25, 0.3) is 16.9 Å². The van der Waals surface area contributed by atoms with Gasteiger partial charge in [-0.1, -0.05) is 36.4 Å². The number of nitrogens with zero attached hydrogens (tertiary/aromatic N) is 3. The minimum Gasteiger partial charge on any atom is -0.465 e. The van der Waals surface area contributed by atoms with Crippen molar-refractivity contribution in [1.29, 1.82) is 0 Å². The van der Waals surface area contributed by atoms with Gasteiger partial charge in [-0.05, 0) is 54.6 Å². The Bertz CT molecular complexity index is 1500. The van der Waals surface area contributed by atoms with Gasteiger partial charge in [0, 0.05) is 17.8 Å². The highest BCUT2D eigenvalue weighted by atomic mass is 31.2. The van der Waals surface area contributed by atoms with Gasteiger partial charge in [0.25, 0.3) is 0 Å². The Hall–Kier alpha value is -4.62. The van der Waals surface area contributed by atoms with Crippen LogP contribution < -0.4 is 14.1 Å². The number of benzene rings is 3. The fraction of sp³-hybridized carbons (Fsp3) is 0.0385. The summed E-state index contributed by atoms with van der Waals surface area (Å²) < 4.78 is 32.4. The van der Waals surface area contributed by atoms with Gasteiger partial charge in [-0.15, -0.1) is 0 Å². The summed E-state index contributed by atoms with van der Waals surface area (Å²) in [4.78, 5) is 20.8. The summed E-state index contributed by atoms with van der Waals surface area (Å²) in [6.45, 7) is 0. The lowest BCUT2D eigenvalue weighted by atomic mass is 10.1. The molecule has 1 N–H and O–H groups in total. The number of methoxy groups -OCH3 is 1. The average molecular weight is 500 g/mol. The Morgan fingerprint density at radius 3 is 2.03 bits per heavy atom. The molecule has 5 aromatic rings. The Morgan fingerprint density at radius 2 is 1.44 bits per heavy atom. The molecule has 2 heterocycles.